The van der Waals surface area contributed by atoms with Crippen LogP contribution in [0.1, 0.15) is 72.6 Å². The first-order chi connectivity index (χ1) is 9.38. The van der Waals surface area contributed by atoms with E-state index in [-0.39, 0.29) is 0 Å². The maximum Gasteiger partial charge on any atom is 0.155 e. The second-order valence-corrected chi connectivity index (χ2v) is 8.45. The van der Waals surface area contributed by atoms with Gasteiger partial charge >= 0.3 is 0 Å². The van der Waals surface area contributed by atoms with Gasteiger partial charge in [0, 0.05) is 6.42 Å². The number of hydrogen-bond donors (Lipinski definition) is 0. The fourth-order valence-corrected chi connectivity index (χ4v) is 5.82. The Hall–Kier alpha value is -0.590. The Kier molecular flexibility index (Phi) is 3.38. The van der Waals surface area contributed by atoms with Gasteiger partial charge in [-0.25, -0.2) is 0 Å². The highest BCUT2D eigenvalue weighted by molar-refractivity contribution is 5.91. The number of fused-ring (bicyclic) bond motifs is 3. The number of allylic oxidation sites excluding steroid dienone is 2. The number of rotatable bonds is 2. The zero-order valence-corrected chi connectivity index (χ0v) is 13.7. The lowest BCUT2D eigenvalue weighted by Crippen LogP contribution is -2.40. The fraction of sp³-hybridized carbons (Fsp3) is 0.842. The van der Waals surface area contributed by atoms with Crippen molar-refractivity contribution in [2.24, 2.45) is 28.6 Å². The van der Waals surface area contributed by atoms with Gasteiger partial charge < -0.3 is 0 Å². The van der Waals surface area contributed by atoms with Crippen molar-refractivity contribution in [3.05, 3.63) is 11.6 Å². The SMILES string of the molecule is CCC[C@H]1[C@@H]2CCC3=CC(=O)CC[C@]3(C)[C@H]2CC1(C)C. The van der Waals surface area contributed by atoms with Crippen molar-refractivity contribution < 1.29 is 4.79 Å². The lowest BCUT2D eigenvalue weighted by atomic mass is 9.56. The molecule has 3 aliphatic carbocycles. The van der Waals surface area contributed by atoms with E-state index in [4.69, 9.17) is 0 Å². The summed E-state index contributed by atoms with van der Waals surface area (Å²) in [6, 6.07) is 0. The van der Waals surface area contributed by atoms with Gasteiger partial charge in [0.15, 0.2) is 5.78 Å². The van der Waals surface area contributed by atoms with E-state index in [0.29, 0.717) is 16.6 Å². The van der Waals surface area contributed by atoms with Crippen LogP contribution in [0.5, 0.6) is 0 Å². The summed E-state index contributed by atoms with van der Waals surface area (Å²) in [5, 5.41) is 0. The second-order valence-electron chi connectivity index (χ2n) is 8.45. The lowest BCUT2D eigenvalue weighted by Gasteiger charge is -2.48. The fourth-order valence-electron chi connectivity index (χ4n) is 5.82. The van der Waals surface area contributed by atoms with E-state index >= 15 is 0 Å². The molecule has 112 valence electrons. The molecule has 3 rings (SSSR count). The predicted octanol–water partition coefficient (Wildman–Crippen LogP) is 5.15. The van der Waals surface area contributed by atoms with Crippen LogP contribution in [-0.4, -0.2) is 5.78 Å². The van der Waals surface area contributed by atoms with Crippen molar-refractivity contribution in [1.29, 1.82) is 0 Å². The number of hydrogen-bond acceptors (Lipinski definition) is 1. The van der Waals surface area contributed by atoms with Crippen molar-refractivity contribution in [3.63, 3.8) is 0 Å². The molecule has 0 aliphatic heterocycles. The molecule has 0 N–H and O–H groups in total. The van der Waals surface area contributed by atoms with E-state index in [9.17, 15) is 4.79 Å². The van der Waals surface area contributed by atoms with Crippen LogP contribution < -0.4 is 0 Å². The maximum atomic E-state index is 11.8. The zero-order chi connectivity index (χ0) is 14.5. The second kappa shape index (κ2) is 4.71. The standard InChI is InChI=1S/C19H30O/c1-5-6-16-15-8-7-13-11-14(20)9-10-19(13,4)17(15)12-18(16,2)3/h11,15-17H,5-10,12H2,1-4H3/t15-,16-,17-,19-/m0/s1. The van der Waals surface area contributed by atoms with Crippen molar-refractivity contribution in [2.45, 2.75) is 72.6 Å². The molecule has 0 aromatic rings. The zero-order valence-electron chi connectivity index (χ0n) is 13.7. The van der Waals surface area contributed by atoms with Gasteiger partial charge in [-0.05, 0) is 66.8 Å². The summed E-state index contributed by atoms with van der Waals surface area (Å²) in [7, 11) is 0. The Bertz CT molecular complexity index is 445. The van der Waals surface area contributed by atoms with Crippen LogP contribution in [0, 0.1) is 28.6 Å². The van der Waals surface area contributed by atoms with Crippen LogP contribution in [-0.2, 0) is 4.79 Å². The summed E-state index contributed by atoms with van der Waals surface area (Å²) >= 11 is 0. The first-order valence-electron chi connectivity index (χ1n) is 8.62. The molecule has 0 saturated heterocycles. The summed E-state index contributed by atoms with van der Waals surface area (Å²) in [4.78, 5) is 11.8. The summed E-state index contributed by atoms with van der Waals surface area (Å²) in [6.07, 6.45) is 10.5. The van der Waals surface area contributed by atoms with E-state index in [1.807, 2.05) is 6.08 Å². The van der Waals surface area contributed by atoms with E-state index < -0.39 is 0 Å². The van der Waals surface area contributed by atoms with Crippen LogP contribution in [0.2, 0.25) is 0 Å². The topological polar surface area (TPSA) is 17.1 Å². The van der Waals surface area contributed by atoms with Crippen LogP contribution in [0.4, 0.5) is 0 Å². The first-order valence-corrected chi connectivity index (χ1v) is 8.62. The molecule has 0 aromatic heterocycles. The van der Waals surface area contributed by atoms with Crippen molar-refractivity contribution in [2.75, 3.05) is 0 Å². The lowest BCUT2D eigenvalue weighted by molar-refractivity contribution is -0.116. The number of carbonyl (C=O) groups is 1. The van der Waals surface area contributed by atoms with Crippen LogP contribution >= 0.6 is 0 Å². The van der Waals surface area contributed by atoms with Crippen molar-refractivity contribution in [1.82, 2.24) is 0 Å². The van der Waals surface area contributed by atoms with Gasteiger partial charge in [-0.1, -0.05) is 39.7 Å². The number of ketones is 1. The maximum absolute atomic E-state index is 11.8. The Labute approximate surface area is 124 Å². The van der Waals surface area contributed by atoms with Crippen molar-refractivity contribution in [3.8, 4) is 0 Å². The van der Waals surface area contributed by atoms with E-state index in [2.05, 4.69) is 27.7 Å². The van der Waals surface area contributed by atoms with E-state index in [0.717, 1.165) is 30.6 Å². The molecule has 0 aromatic carbocycles. The summed E-state index contributed by atoms with van der Waals surface area (Å²) in [6.45, 7) is 9.78. The van der Waals surface area contributed by atoms with Crippen LogP contribution in [0.3, 0.4) is 0 Å². The minimum Gasteiger partial charge on any atom is -0.295 e. The molecule has 0 spiro atoms. The van der Waals surface area contributed by atoms with Gasteiger partial charge in [-0.2, -0.15) is 0 Å². The monoisotopic (exact) mass is 274 g/mol. The molecule has 3 aliphatic rings. The van der Waals surface area contributed by atoms with Gasteiger partial charge in [0.2, 0.25) is 0 Å². The Balaban J connectivity index is 1.95. The van der Waals surface area contributed by atoms with E-state index in [1.165, 1.54) is 37.7 Å². The molecule has 20 heavy (non-hydrogen) atoms. The normalized spacial score (nSPS) is 42.9. The summed E-state index contributed by atoms with van der Waals surface area (Å²) in [5.41, 5.74) is 2.31. The molecule has 0 radical (unpaired) electrons. The van der Waals surface area contributed by atoms with Gasteiger partial charge in [-0.3, -0.25) is 4.79 Å². The van der Waals surface area contributed by atoms with Crippen LogP contribution in [0.25, 0.3) is 0 Å². The van der Waals surface area contributed by atoms with Gasteiger partial charge in [0.05, 0.1) is 0 Å². The highest BCUT2D eigenvalue weighted by Crippen LogP contribution is 2.65. The minimum absolute atomic E-state index is 0.330. The van der Waals surface area contributed by atoms with Gasteiger partial charge in [0.25, 0.3) is 0 Å². The Morgan fingerprint density at radius 3 is 2.70 bits per heavy atom. The highest BCUT2D eigenvalue weighted by atomic mass is 16.1. The Morgan fingerprint density at radius 2 is 2.00 bits per heavy atom. The molecule has 1 nitrogen and oxygen atoms in total. The molecule has 2 fully saturated rings. The third-order valence-corrected chi connectivity index (χ3v) is 6.91. The molecule has 0 heterocycles. The third kappa shape index (κ3) is 2.00. The quantitative estimate of drug-likeness (QED) is 0.680. The summed E-state index contributed by atoms with van der Waals surface area (Å²) < 4.78 is 0. The molecule has 0 unspecified atom stereocenters. The molecule has 0 amide bonds. The average Bonchev–Trinajstić information content (AvgIpc) is 2.64. The molecule has 4 atom stereocenters. The molecule has 2 saturated carbocycles. The van der Waals surface area contributed by atoms with Gasteiger partial charge in [0.1, 0.15) is 0 Å². The van der Waals surface area contributed by atoms with E-state index in [1.54, 1.807) is 0 Å². The van der Waals surface area contributed by atoms with Crippen LogP contribution in [0.15, 0.2) is 11.6 Å². The largest absolute Gasteiger partial charge is 0.295 e. The number of carbonyl (C=O) groups excluding carboxylic acids is 1. The summed E-state index contributed by atoms with van der Waals surface area (Å²) in [5.74, 6) is 2.99. The average molecular weight is 274 g/mol. The molecular formula is C19H30O. The molecular weight excluding hydrogens is 244 g/mol. The highest BCUT2D eigenvalue weighted by Gasteiger charge is 2.56. The minimum atomic E-state index is 0.330. The van der Waals surface area contributed by atoms with Gasteiger partial charge in [-0.15, -0.1) is 0 Å². The third-order valence-electron chi connectivity index (χ3n) is 6.91. The predicted molar refractivity (Wildman–Crippen MR) is 83.4 cm³/mol. The first kappa shape index (κ1) is 14.4. The molecule has 0 bridgehead atoms. The Morgan fingerprint density at radius 1 is 1.25 bits per heavy atom. The molecule has 1 heteroatoms. The van der Waals surface area contributed by atoms with Crippen molar-refractivity contribution >= 4 is 5.78 Å². The smallest absolute Gasteiger partial charge is 0.155 e.